The van der Waals surface area contributed by atoms with Crippen LogP contribution in [0.25, 0.3) is 6.08 Å². The van der Waals surface area contributed by atoms with Crippen molar-refractivity contribution in [2.75, 3.05) is 0 Å². The second kappa shape index (κ2) is 4.97. The maximum absolute atomic E-state index is 10.5. The zero-order chi connectivity index (χ0) is 12.1. The van der Waals surface area contributed by atoms with E-state index in [-0.39, 0.29) is 12.2 Å². The minimum Gasteiger partial charge on any atom is -0.507 e. The number of hydrogen-bond donors (Lipinski definition) is 3. The maximum atomic E-state index is 10.5. The first-order valence-corrected chi connectivity index (χ1v) is 4.50. The molecule has 0 saturated heterocycles. The number of hydrogen-bond acceptors (Lipinski definition) is 3. The van der Waals surface area contributed by atoms with E-state index in [0.29, 0.717) is 11.1 Å². The lowest BCUT2D eigenvalue weighted by Gasteiger charge is -2.02. The van der Waals surface area contributed by atoms with Gasteiger partial charge in [0.15, 0.2) is 0 Å². The van der Waals surface area contributed by atoms with Crippen molar-refractivity contribution in [2.45, 2.75) is 6.42 Å². The van der Waals surface area contributed by atoms with Gasteiger partial charge in [0.1, 0.15) is 5.75 Å². The third-order valence-electron chi connectivity index (χ3n) is 1.87. The van der Waals surface area contributed by atoms with Crippen LogP contribution < -0.4 is 5.73 Å². The quantitative estimate of drug-likeness (QED) is 0.645. The van der Waals surface area contributed by atoms with Crippen molar-refractivity contribution < 1.29 is 19.8 Å². The van der Waals surface area contributed by atoms with Gasteiger partial charge in [0, 0.05) is 11.6 Å². The lowest BCUT2D eigenvalue weighted by atomic mass is 10.1. The molecule has 0 fully saturated rings. The van der Waals surface area contributed by atoms with Gasteiger partial charge in [0.25, 0.3) is 0 Å². The van der Waals surface area contributed by atoms with E-state index in [4.69, 9.17) is 10.8 Å². The molecule has 84 valence electrons. The van der Waals surface area contributed by atoms with E-state index in [1.807, 2.05) is 0 Å². The van der Waals surface area contributed by atoms with Gasteiger partial charge in [-0.2, -0.15) is 0 Å². The van der Waals surface area contributed by atoms with Crippen molar-refractivity contribution in [3.8, 4) is 5.75 Å². The molecule has 0 aliphatic heterocycles. The molecule has 0 spiro atoms. The van der Waals surface area contributed by atoms with Crippen molar-refractivity contribution in [1.82, 2.24) is 0 Å². The summed E-state index contributed by atoms with van der Waals surface area (Å²) in [5.41, 5.74) is 5.80. The molecule has 0 aliphatic rings. The molecule has 1 aromatic rings. The molecule has 0 unspecified atom stereocenters. The first-order chi connectivity index (χ1) is 7.49. The minimum atomic E-state index is -0.962. The number of phenols is 1. The summed E-state index contributed by atoms with van der Waals surface area (Å²) in [5.74, 6) is -1.63. The first kappa shape index (κ1) is 11.8. The minimum absolute atomic E-state index is 0.0355. The molecular formula is C11H11NO4. The van der Waals surface area contributed by atoms with E-state index < -0.39 is 11.9 Å². The van der Waals surface area contributed by atoms with Gasteiger partial charge in [-0.15, -0.1) is 0 Å². The first-order valence-electron chi connectivity index (χ1n) is 4.50. The normalized spacial score (nSPS) is 10.5. The fourth-order valence-corrected chi connectivity index (χ4v) is 1.19. The molecule has 0 aliphatic carbocycles. The van der Waals surface area contributed by atoms with Gasteiger partial charge >= 0.3 is 5.97 Å². The van der Waals surface area contributed by atoms with Gasteiger partial charge in [0.05, 0.1) is 6.42 Å². The third kappa shape index (κ3) is 3.45. The Bertz CT molecular complexity index is 451. The Kier molecular flexibility index (Phi) is 3.66. The van der Waals surface area contributed by atoms with Crippen LogP contribution >= 0.6 is 0 Å². The molecular weight excluding hydrogens is 210 g/mol. The monoisotopic (exact) mass is 221 g/mol. The van der Waals surface area contributed by atoms with E-state index in [1.54, 1.807) is 0 Å². The Morgan fingerprint density at radius 3 is 2.62 bits per heavy atom. The second-order valence-corrected chi connectivity index (χ2v) is 3.20. The highest BCUT2D eigenvalue weighted by molar-refractivity contribution is 5.90. The number of aliphatic carboxylic acids is 1. The van der Waals surface area contributed by atoms with E-state index >= 15 is 0 Å². The Morgan fingerprint density at radius 2 is 2.06 bits per heavy atom. The van der Waals surface area contributed by atoms with Gasteiger partial charge in [-0.25, -0.2) is 0 Å². The molecule has 1 amide bonds. The number of carbonyl (C=O) groups is 2. The molecule has 0 saturated carbocycles. The summed E-state index contributed by atoms with van der Waals surface area (Å²) in [6.45, 7) is 0. The van der Waals surface area contributed by atoms with E-state index in [2.05, 4.69) is 0 Å². The molecule has 1 aromatic carbocycles. The van der Waals surface area contributed by atoms with E-state index in [0.717, 1.165) is 6.08 Å². The fraction of sp³-hybridized carbons (Fsp3) is 0.0909. The molecule has 4 N–H and O–H groups in total. The van der Waals surface area contributed by atoms with Crippen LogP contribution in [0.2, 0.25) is 0 Å². The Labute approximate surface area is 91.8 Å². The Balaban J connectivity index is 2.99. The molecule has 5 nitrogen and oxygen atoms in total. The number of carboxylic acid groups (broad SMARTS) is 1. The summed E-state index contributed by atoms with van der Waals surface area (Å²) in [7, 11) is 0. The summed E-state index contributed by atoms with van der Waals surface area (Å²) in [5, 5.41) is 18.0. The predicted octanol–water partition coefficient (Wildman–Crippen LogP) is 0.518. The van der Waals surface area contributed by atoms with Crippen LogP contribution in [0.15, 0.2) is 24.3 Å². The number of phenolic OH excluding ortho intramolecular Hbond substituents is 1. The van der Waals surface area contributed by atoms with E-state index in [9.17, 15) is 14.7 Å². The van der Waals surface area contributed by atoms with Crippen molar-refractivity contribution in [1.29, 1.82) is 0 Å². The lowest BCUT2D eigenvalue weighted by molar-refractivity contribution is -0.136. The van der Waals surface area contributed by atoms with E-state index in [1.165, 1.54) is 24.3 Å². The van der Waals surface area contributed by atoms with Crippen LogP contribution in [-0.4, -0.2) is 22.1 Å². The van der Waals surface area contributed by atoms with Crippen LogP contribution in [0.3, 0.4) is 0 Å². The number of amides is 1. The Morgan fingerprint density at radius 1 is 1.38 bits per heavy atom. The number of rotatable bonds is 4. The molecule has 0 heterocycles. The SMILES string of the molecule is NC(=O)C=Cc1cc(CC(=O)O)ccc1O. The van der Waals surface area contributed by atoms with Crippen molar-refractivity contribution >= 4 is 18.0 Å². The number of benzene rings is 1. The number of carbonyl (C=O) groups excluding carboxylic acids is 1. The third-order valence-corrected chi connectivity index (χ3v) is 1.87. The maximum Gasteiger partial charge on any atom is 0.307 e. The van der Waals surface area contributed by atoms with Crippen LogP contribution in [0.1, 0.15) is 11.1 Å². The Hall–Kier alpha value is -2.30. The fourth-order valence-electron chi connectivity index (χ4n) is 1.19. The van der Waals surface area contributed by atoms with Gasteiger partial charge in [-0.05, 0) is 23.8 Å². The highest BCUT2D eigenvalue weighted by Gasteiger charge is 2.04. The topological polar surface area (TPSA) is 101 Å². The number of carboxylic acids is 1. The number of aromatic hydroxyl groups is 1. The molecule has 0 bridgehead atoms. The second-order valence-electron chi connectivity index (χ2n) is 3.20. The highest BCUT2D eigenvalue weighted by Crippen LogP contribution is 2.20. The summed E-state index contributed by atoms with van der Waals surface area (Å²) < 4.78 is 0. The van der Waals surface area contributed by atoms with Crippen molar-refractivity contribution in [3.05, 3.63) is 35.4 Å². The van der Waals surface area contributed by atoms with Crippen LogP contribution in [0.5, 0.6) is 5.75 Å². The predicted molar refractivity (Wildman–Crippen MR) is 57.7 cm³/mol. The highest BCUT2D eigenvalue weighted by atomic mass is 16.4. The van der Waals surface area contributed by atoms with Crippen LogP contribution in [0.4, 0.5) is 0 Å². The molecule has 1 rings (SSSR count). The zero-order valence-corrected chi connectivity index (χ0v) is 8.38. The number of primary amides is 1. The van der Waals surface area contributed by atoms with Crippen molar-refractivity contribution in [2.24, 2.45) is 5.73 Å². The van der Waals surface area contributed by atoms with Gasteiger partial charge in [-0.3, -0.25) is 9.59 Å². The number of nitrogens with two attached hydrogens (primary N) is 1. The van der Waals surface area contributed by atoms with Gasteiger partial charge < -0.3 is 15.9 Å². The summed E-state index contributed by atoms with van der Waals surface area (Å²) in [4.78, 5) is 21.0. The average Bonchev–Trinajstić information content (AvgIpc) is 2.18. The largest absolute Gasteiger partial charge is 0.507 e. The summed E-state index contributed by atoms with van der Waals surface area (Å²) >= 11 is 0. The molecule has 0 radical (unpaired) electrons. The average molecular weight is 221 g/mol. The molecule has 0 aromatic heterocycles. The smallest absolute Gasteiger partial charge is 0.307 e. The van der Waals surface area contributed by atoms with Gasteiger partial charge in [-0.1, -0.05) is 6.07 Å². The van der Waals surface area contributed by atoms with Crippen LogP contribution in [-0.2, 0) is 16.0 Å². The summed E-state index contributed by atoms with van der Waals surface area (Å²) in [6.07, 6.45) is 2.29. The van der Waals surface area contributed by atoms with Gasteiger partial charge in [0.2, 0.25) is 5.91 Å². The zero-order valence-electron chi connectivity index (χ0n) is 8.38. The molecule has 5 heteroatoms. The molecule has 16 heavy (non-hydrogen) atoms. The van der Waals surface area contributed by atoms with Crippen LogP contribution in [0, 0.1) is 0 Å². The van der Waals surface area contributed by atoms with Crippen molar-refractivity contribution in [3.63, 3.8) is 0 Å². The molecule has 0 atom stereocenters. The summed E-state index contributed by atoms with van der Waals surface area (Å²) in [6, 6.07) is 4.37. The lowest BCUT2D eigenvalue weighted by Crippen LogP contribution is -2.05. The standard InChI is InChI=1S/C11H11NO4/c12-10(14)4-2-8-5-7(6-11(15)16)1-3-9(8)13/h1-5,13H,6H2,(H2,12,14)(H,15,16).